The fraction of sp³-hybridized carbons (Fsp3) is 0.667. The largest absolute Gasteiger partial charge is 0.481 e. The predicted molar refractivity (Wildman–Crippen MR) is 73.1 cm³/mol. The number of likely N-dealkylation sites (tertiary alicyclic amines) is 1. The molecule has 0 aromatic carbocycles. The minimum absolute atomic E-state index is 0.0727. The molecule has 2 N–H and O–H groups in total. The van der Waals surface area contributed by atoms with E-state index in [1.165, 1.54) is 4.90 Å². The Morgan fingerprint density at radius 2 is 1.87 bits per heavy atom. The van der Waals surface area contributed by atoms with Crippen molar-refractivity contribution in [2.45, 2.75) is 30.3 Å². The zero-order chi connectivity index (χ0) is 17.4. The molecule has 126 valence electrons. The van der Waals surface area contributed by atoms with Crippen LogP contribution in [0.5, 0.6) is 0 Å². The molecular formula is C12H15N3O8. The highest BCUT2D eigenvalue weighted by Gasteiger charge is 2.64. The molecule has 2 rings (SSSR count). The summed E-state index contributed by atoms with van der Waals surface area (Å²) in [5.74, 6) is -2.53. The first-order valence-corrected chi connectivity index (χ1v) is 6.78. The summed E-state index contributed by atoms with van der Waals surface area (Å²) in [7, 11) is 0. The smallest absolute Gasteiger partial charge is 0.331 e. The molecule has 0 saturated carbocycles. The molecule has 11 nitrogen and oxygen atoms in total. The molecule has 0 radical (unpaired) electrons. The van der Waals surface area contributed by atoms with Crippen LogP contribution >= 0.6 is 0 Å². The normalized spacial score (nSPS) is 30.3. The lowest BCUT2D eigenvalue weighted by Gasteiger charge is -2.44. The van der Waals surface area contributed by atoms with Crippen molar-refractivity contribution in [3.05, 3.63) is 31.9 Å². The van der Waals surface area contributed by atoms with Crippen LogP contribution in [-0.4, -0.2) is 67.6 Å². The summed E-state index contributed by atoms with van der Waals surface area (Å²) < 4.78 is 0. The molecule has 0 spiro atoms. The fourth-order valence-corrected chi connectivity index (χ4v) is 3.40. The Morgan fingerprint density at radius 1 is 1.22 bits per heavy atom. The molecule has 1 fully saturated rings. The molecule has 11 heteroatoms. The van der Waals surface area contributed by atoms with Crippen molar-refractivity contribution in [1.29, 1.82) is 0 Å². The number of nitro groups is 2. The van der Waals surface area contributed by atoms with Crippen LogP contribution in [0, 0.1) is 20.2 Å². The Balaban J connectivity index is 2.45. The molecule has 1 heterocycles. The monoisotopic (exact) mass is 329 g/mol. The molecule has 0 aromatic heterocycles. The van der Waals surface area contributed by atoms with Crippen LogP contribution in [0.3, 0.4) is 0 Å². The standard InChI is InChI=1S/C12H15N3O8/c16-9(17)1-2-13-6-11(14(20)21)3-8(10(18)19)4-12(5-11,7-13)15(22)23/h3H,1-2,4-7H2,(H,16,17)(H,18,19)/t11-,12+/m1/s1. The number of fused-ring (bicyclic) bond motifs is 2. The van der Waals surface area contributed by atoms with E-state index in [1.54, 1.807) is 0 Å². The van der Waals surface area contributed by atoms with Crippen molar-refractivity contribution in [2.75, 3.05) is 19.6 Å². The SMILES string of the molecule is O=C(O)CCN1C[C@@]2([N+](=O)[O-])C=C(C(=O)O)C[C@@]([N+](=O)[O-])(C1)C2. The van der Waals surface area contributed by atoms with Crippen LogP contribution in [-0.2, 0) is 9.59 Å². The van der Waals surface area contributed by atoms with Crippen LogP contribution < -0.4 is 0 Å². The average Bonchev–Trinajstić information content (AvgIpc) is 2.43. The van der Waals surface area contributed by atoms with Gasteiger partial charge in [-0.15, -0.1) is 0 Å². The van der Waals surface area contributed by atoms with Crippen molar-refractivity contribution in [1.82, 2.24) is 4.90 Å². The molecule has 2 aliphatic rings. The first-order valence-electron chi connectivity index (χ1n) is 6.78. The Hall–Kier alpha value is -2.56. The van der Waals surface area contributed by atoms with Gasteiger partial charge in [0, 0.05) is 28.0 Å². The summed E-state index contributed by atoms with van der Waals surface area (Å²) in [6, 6.07) is 0. The number of rotatable bonds is 6. The lowest BCUT2D eigenvalue weighted by atomic mass is 9.69. The van der Waals surface area contributed by atoms with E-state index in [0.717, 1.165) is 6.08 Å². The molecule has 0 unspecified atom stereocenters. The minimum atomic E-state index is -1.89. The van der Waals surface area contributed by atoms with Crippen LogP contribution in [0.15, 0.2) is 11.6 Å². The molecular weight excluding hydrogens is 314 g/mol. The van der Waals surface area contributed by atoms with Crippen molar-refractivity contribution in [3.8, 4) is 0 Å². The van der Waals surface area contributed by atoms with E-state index >= 15 is 0 Å². The number of hydrogen-bond donors (Lipinski definition) is 2. The molecule has 2 atom stereocenters. The van der Waals surface area contributed by atoms with E-state index in [4.69, 9.17) is 10.2 Å². The quantitative estimate of drug-likeness (QED) is 0.487. The zero-order valence-corrected chi connectivity index (χ0v) is 12.0. The van der Waals surface area contributed by atoms with Gasteiger partial charge in [0.25, 0.3) is 5.54 Å². The van der Waals surface area contributed by atoms with Crippen molar-refractivity contribution in [2.24, 2.45) is 0 Å². The van der Waals surface area contributed by atoms with E-state index in [1.807, 2.05) is 0 Å². The first-order chi connectivity index (χ1) is 10.6. The van der Waals surface area contributed by atoms with E-state index in [0.29, 0.717) is 0 Å². The summed E-state index contributed by atoms with van der Waals surface area (Å²) in [5.41, 5.74) is -4.04. The number of carboxylic acid groups (broad SMARTS) is 2. The van der Waals surface area contributed by atoms with Crippen molar-refractivity contribution >= 4 is 11.9 Å². The number of aliphatic carboxylic acids is 2. The maximum Gasteiger partial charge on any atom is 0.331 e. The molecule has 0 aromatic rings. The predicted octanol–water partition coefficient (Wildman–Crippen LogP) is -0.387. The lowest BCUT2D eigenvalue weighted by Crippen LogP contribution is -2.66. The van der Waals surface area contributed by atoms with E-state index in [2.05, 4.69) is 0 Å². The van der Waals surface area contributed by atoms with Crippen molar-refractivity contribution in [3.63, 3.8) is 0 Å². The highest BCUT2D eigenvalue weighted by molar-refractivity contribution is 5.87. The van der Waals surface area contributed by atoms with Gasteiger partial charge in [0.2, 0.25) is 5.54 Å². The van der Waals surface area contributed by atoms with Gasteiger partial charge in [-0.05, 0) is 0 Å². The number of hydrogen-bond acceptors (Lipinski definition) is 7. The number of carboxylic acids is 2. The summed E-state index contributed by atoms with van der Waals surface area (Å²) in [6.45, 7) is -0.538. The highest BCUT2D eigenvalue weighted by Crippen LogP contribution is 2.43. The molecule has 2 bridgehead atoms. The Morgan fingerprint density at radius 3 is 2.35 bits per heavy atom. The second kappa shape index (κ2) is 5.57. The van der Waals surface area contributed by atoms with E-state index < -0.39 is 45.7 Å². The Kier molecular flexibility index (Phi) is 4.07. The second-order valence-electron chi connectivity index (χ2n) is 6.02. The summed E-state index contributed by atoms with van der Waals surface area (Å²) in [4.78, 5) is 44.9. The molecule has 1 aliphatic carbocycles. The number of nitrogens with zero attached hydrogens (tertiary/aromatic N) is 3. The third-order valence-corrected chi connectivity index (χ3v) is 4.28. The van der Waals surface area contributed by atoms with Gasteiger partial charge in [-0.2, -0.15) is 0 Å². The van der Waals surface area contributed by atoms with Crippen LogP contribution in [0.25, 0.3) is 0 Å². The van der Waals surface area contributed by atoms with Crippen LogP contribution in [0.1, 0.15) is 19.3 Å². The van der Waals surface area contributed by atoms with Gasteiger partial charge in [0.1, 0.15) is 0 Å². The summed E-state index contributed by atoms with van der Waals surface area (Å²) in [6.07, 6.45) is -0.157. The average molecular weight is 329 g/mol. The topological polar surface area (TPSA) is 164 Å². The third-order valence-electron chi connectivity index (χ3n) is 4.28. The van der Waals surface area contributed by atoms with Crippen molar-refractivity contribution < 1.29 is 29.6 Å². The van der Waals surface area contributed by atoms with Gasteiger partial charge in [0.15, 0.2) is 0 Å². The van der Waals surface area contributed by atoms with Gasteiger partial charge in [-0.3, -0.25) is 29.9 Å². The fourth-order valence-electron chi connectivity index (χ4n) is 3.40. The molecule has 1 saturated heterocycles. The van der Waals surface area contributed by atoms with E-state index in [-0.39, 0.29) is 31.6 Å². The highest BCUT2D eigenvalue weighted by atomic mass is 16.6. The third kappa shape index (κ3) is 2.99. The van der Waals surface area contributed by atoms with E-state index in [9.17, 15) is 29.8 Å². The first kappa shape index (κ1) is 16.8. The summed E-state index contributed by atoms with van der Waals surface area (Å²) >= 11 is 0. The maximum absolute atomic E-state index is 11.5. The van der Waals surface area contributed by atoms with Gasteiger partial charge >= 0.3 is 11.9 Å². The van der Waals surface area contributed by atoms with Crippen LogP contribution in [0.4, 0.5) is 0 Å². The summed E-state index contributed by atoms with van der Waals surface area (Å²) in [5, 5.41) is 40.9. The van der Waals surface area contributed by atoms with Gasteiger partial charge in [-0.25, -0.2) is 4.79 Å². The Labute approximate surface area is 129 Å². The molecule has 23 heavy (non-hydrogen) atoms. The Bertz CT molecular complexity index is 617. The molecule has 0 amide bonds. The number of piperidine rings is 1. The van der Waals surface area contributed by atoms with Gasteiger partial charge < -0.3 is 10.2 Å². The lowest BCUT2D eigenvalue weighted by molar-refractivity contribution is -0.619. The minimum Gasteiger partial charge on any atom is -0.481 e. The number of carbonyl (C=O) groups is 2. The zero-order valence-electron chi connectivity index (χ0n) is 12.0. The van der Waals surface area contributed by atoms with Gasteiger partial charge in [0.05, 0.1) is 32.4 Å². The maximum atomic E-state index is 11.5. The second-order valence-corrected chi connectivity index (χ2v) is 6.02. The van der Waals surface area contributed by atoms with Crippen LogP contribution in [0.2, 0.25) is 0 Å². The molecule has 1 aliphatic heterocycles. The van der Waals surface area contributed by atoms with Gasteiger partial charge in [-0.1, -0.05) is 0 Å².